The molecule has 1 aromatic heterocycles. The number of alkyl halides is 6. The fourth-order valence-electron chi connectivity index (χ4n) is 5.19. The Labute approximate surface area is 232 Å². The number of hydrogen-bond acceptors (Lipinski definition) is 2. The molecule has 212 valence electrons. The van der Waals surface area contributed by atoms with E-state index in [1.807, 2.05) is 42.5 Å². The number of rotatable bonds is 5. The van der Waals surface area contributed by atoms with Gasteiger partial charge >= 0.3 is 12.4 Å². The molecule has 3 aromatic carbocycles. The van der Waals surface area contributed by atoms with Gasteiger partial charge in [0.05, 0.1) is 29.0 Å². The summed E-state index contributed by atoms with van der Waals surface area (Å²) in [6.45, 7) is 1.43. The van der Waals surface area contributed by atoms with Crippen LogP contribution >= 0.6 is 0 Å². The number of benzene rings is 3. The highest BCUT2D eigenvalue weighted by atomic mass is 19.4. The maximum atomic E-state index is 13.8. The molecule has 0 bridgehead atoms. The molecule has 2 nitrogen and oxygen atoms in total. The van der Waals surface area contributed by atoms with Crippen molar-refractivity contribution in [2.45, 2.75) is 43.8 Å². The van der Waals surface area contributed by atoms with Crippen LogP contribution in [0.15, 0.2) is 91.1 Å². The predicted octanol–water partition coefficient (Wildman–Crippen LogP) is 9.48. The maximum absolute atomic E-state index is 13.8. The van der Waals surface area contributed by atoms with Gasteiger partial charge in [0, 0.05) is 18.5 Å². The van der Waals surface area contributed by atoms with Crippen molar-refractivity contribution in [1.82, 2.24) is 4.98 Å². The van der Waals surface area contributed by atoms with Gasteiger partial charge in [-0.1, -0.05) is 48.5 Å². The number of aromatic nitrogens is 1. The van der Waals surface area contributed by atoms with Crippen LogP contribution in [0.4, 0.5) is 30.7 Å². The lowest BCUT2D eigenvalue weighted by Crippen LogP contribution is -2.30. The summed E-state index contributed by atoms with van der Waals surface area (Å²) in [6.07, 6.45) is -7.98. The van der Waals surface area contributed by atoms with Gasteiger partial charge in [-0.05, 0) is 77.2 Å². The first-order valence-corrected chi connectivity index (χ1v) is 12.8. The molecule has 4 aromatic rings. The Bertz CT molecular complexity index is 1510. The van der Waals surface area contributed by atoms with E-state index in [0.717, 1.165) is 16.7 Å². The summed E-state index contributed by atoms with van der Waals surface area (Å²) in [5.41, 5.74) is 0.737. The van der Waals surface area contributed by atoms with E-state index in [9.17, 15) is 30.7 Å². The number of nitrogens with zero attached hydrogens (tertiary/aromatic N) is 1. The summed E-state index contributed by atoms with van der Waals surface area (Å²) in [4.78, 5) is 4.59. The van der Waals surface area contributed by atoms with Crippen molar-refractivity contribution in [3.05, 3.63) is 136 Å². The van der Waals surface area contributed by atoms with Crippen molar-refractivity contribution in [2.24, 2.45) is 0 Å². The van der Waals surface area contributed by atoms with E-state index in [1.54, 1.807) is 24.4 Å². The standard InChI is InChI=1S/C32H24F7NO/c1-19(22-15-24(31(34,35)36)18-25(16-22)32(37,38)39)41-28-17-23(14-20-6-3-2-4-7-20)30-27(8-5-13-40-30)29(28)21-9-11-26(33)12-10-21/h2-16,18-19,28-29H,17H2,1H3/b23-14-/t19-,28+,29+/m1/s1. The normalized spacial score (nSPS) is 19.2. The third-order valence-electron chi connectivity index (χ3n) is 7.10. The van der Waals surface area contributed by atoms with Crippen molar-refractivity contribution < 1.29 is 35.5 Å². The largest absolute Gasteiger partial charge is 0.416 e. The SMILES string of the molecule is C[C@@H](O[C@H]1C/C(=C/c2ccccc2)c2ncccc2[C@@H]1c1ccc(F)cc1)c1cc(C(F)(F)F)cc(C(F)(F)F)c1. The summed E-state index contributed by atoms with van der Waals surface area (Å²) < 4.78 is 101. The molecule has 0 saturated heterocycles. The molecule has 0 saturated carbocycles. The van der Waals surface area contributed by atoms with Crippen LogP contribution in [0.5, 0.6) is 0 Å². The summed E-state index contributed by atoms with van der Waals surface area (Å²) in [5.74, 6) is -0.960. The number of hydrogen-bond donors (Lipinski definition) is 0. The quantitative estimate of drug-likeness (QED) is 0.223. The summed E-state index contributed by atoms with van der Waals surface area (Å²) >= 11 is 0. The second-order valence-electron chi connectivity index (χ2n) is 9.91. The minimum absolute atomic E-state index is 0.0980. The smallest absolute Gasteiger partial charge is 0.369 e. The highest BCUT2D eigenvalue weighted by Crippen LogP contribution is 2.45. The third-order valence-corrected chi connectivity index (χ3v) is 7.10. The van der Waals surface area contributed by atoms with Crippen molar-refractivity contribution in [3.63, 3.8) is 0 Å². The number of ether oxygens (including phenoxy) is 1. The second-order valence-corrected chi connectivity index (χ2v) is 9.91. The van der Waals surface area contributed by atoms with Crippen LogP contribution in [0, 0.1) is 5.82 Å². The van der Waals surface area contributed by atoms with Crippen molar-refractivity contribution in [2.75, 3.05) is 0 Å². The zero-order valence-corrected chi connectivity index (χ0v) is 21.7. The molecular formula is C32H24F7NO. The van der Waals surface area contributed by atoms with E-state index in [4.69, 9.17) is 4.74 Å². The fraction of sp³-hybridized carbons (Fsp3) is 0.219. The van der Waals surface area contributed by atoms with Crippen molar-refractivity contribution in [1.29, 1.82) is 0 Å². The molecule has 9 heteroatoms. The van der Waals surface area contributed by atoms with Gasteiger partial charge in [0.25, 0.3) is 0 Å². The first-order chi connectivity index (χ1) is 19.4. The number of fused-ring (bicyclic) bond motifs is 1. The molecule has 0 aliphatic heterocycles. The molecule has 3 atom stereocenters. The molecule has 41 heavy (non-hydrogen) atoms. The van der Waals surface area contributed by atoms with E-state index in [2.05, 4.69) is 4.98 Å². The minimum atomic E-state index is -4.98. The number of halogens is 7. The minimum Gasteiger partial charge on any atom is -0.369 e. The average molecular weight is 572 g/mol. The van der Waals surface area contributed by atoms with Crippen LogP contribution < -0.4 is 0 Å². The van der Waals surface area contributed by atoms with Crippen molar-refractivity contribution in [3.8, 4) is 0 Å². The Morgan fingerprint density at radius 2 is 1.46 bits per heavy atom. The highest BCUT2D eigenvalue weighted by Gasteiger charge is 2.39. The van der Waals surface area contributed by atoms with Gasteiger partial charge < -0.3 is 4.74 Å². The maximum Gasteiger partial charge on any atom is 0.416 e. The highest BCUT2D eigenvalue weighted by molar-refractivity contribution is 5.83. The first kappa shape index (κ1) is 28.5. The van der Waals surface area contributed by atoms with E-state index >= 15 is 0 Å². The lowest BCUT2D eigenvalue weighted by molar-refractivity contribution is -0.143. The van der Waals surface area contributed by atoms with Crippen LogP contribution in [0.25, 0.3) is 11.6 Å². The molecular weight excluding hydrogens is 547 g/mol. The summed E-state index contributed by atoms with van der Waals surface area (Å²) in [6, 6.07) is 20.3. The Balaban J connectivity index is 1.60. The molecule has 0 spiro atoms. The Morgan fingerprint density at radius 1 is 0.829 bits per heavy atom. The topological polar surface area (TPSA) is 22.1 Å². The molecule has 0 fully saturated rings. The lowest BCUT2D eigenvalue weighted by atomic mass is 9.76. The summed E-state index contributed by atoms with van der Waals surface area (Å²) in [5, 5.41) is 0. The lowest BCUT2D eigenvalue weighted by Gasteiger charge is -2.36. The van der Waals surface area contributed by atoms with Gasteiger partial charge in [-0.15, -0.1) is 0 Å². The van der Waals surface area contributed by atoms with Crippen LogP contribution in [-0.4, -0.2) is 11.1 Å². The monoisotopic (exact) mass is 571 g/mol. The predicted molar refractivity (Wildman–Crippen MR) is 141 cm³/mol. The first-order valence-electron chi connectivity index (χ1n) is 12.8. The molecule has 0 unspecified atom stereocenters. The second kappa shape index (κ2) is 11.1. The third kappa shape index (κ3) is 6.35. The summed E-state index contributed by atoms with van der Waals surface area (Å²) in [7, 11) is 0. The van der Waals surface area contributed by atoms with Gasteiger partial charge in [-0.25, -0.2) is 4.39 Å². The molecule has 0 radical (unpaired) electrons. The van der Waals surface area contributed by atoms with Gasteiger partial charge in [0.1, 0.15) is 5.82 Å². The zero-order valence-electron chi connectivity index (χ0n) is 21.7. The van der Waals surface area contributed by atoms with E-state index in [1.165, 1.54) is 19.1 Å². The Hall–Kier alpha value is -3.98. The molecule has 1 aliphatic rings. The van der Waals surface area contributed by atoms with E-state index in [0.29, 0.717) is 23.4 Å². The van der Waals surface area contributed by atoms with Crippen LogP contribution in [-0.2, 0) is 17.1 Å². The Morgan fingerprint density at radius 3 is 2.07 bits per heavy atom. The van der Waals surface area contributed by atoms with E-state index in [-0.39, 0.29) is 18.1 Å². The van der Waals surface area contributed by atoms with E-state index < -0.39 is 47.4 Å². The zero-order chi connectivity index (χ0) is 29.4. The van der Waals surface area contributed by atoms with Gasteiger partial charge in [-0.3, -0.25) is 4.98 Å². The van der Waals surface area contributed by atoms with Crippen LogP contribution in [0.2, 0.25) is 0 Å². The Kier molecular flexibility index (Phi) is 7.74. The van der Waals surface area contributed by atoms with Gasteiger partial charge in [0.15, 0.2) is 0 Å². The van der Waals surface area contributed by atoms with Crippen molar-refractivity contribution >= 4 is 11.6 Å². The molecule has 0 amide bonds. The van der Waals surface area contributed by atoms with Gasteiger partial charge in [0.2, 0.25) is 0 Å². The average Bonchev–Trinajstić information content (AvgIpc) is 2.93. The molecule has 0 N–H and O–H groups in total. The fourth-order valence-corrected chi connectivity index (χ4v) is 5.19. The molecule has 1 heterocycles. The molecule has 5 rings (SSSR count). The van der Waals surface area contributed by atoms with Crippen LogP contribution in [0.3, 0.4) is 0 Å². The van der Waals surface area contributed by atoms with Gasteiger partial charge in [-0.2, -0.15) is 26.3 Å². The van der Waals surface area contributed by atoms with Crippen LogP contribution in [0.1, 0.15) is 64.4 Å². The molecule has 1 aliphatic carbocycles. The number of pyridine rings is 1.